The lowest BCUT2D eigenvalue weighted by atomic mass is 9.99. The highest BCUT2D eigenvalue weighted by molar-refractivity contribution is 5.89. The summed E-state index contributed by atoms with van der Waals surface area (Å²) in [5, 5.41) is 70.9. The lowest BCUT2D eigenvalue weighted by molar-refractivity contribution is -0.277. The van der Waals surface area contributed by atoms with E-state index in [1.54, 1.807) is 0 Å². The fourth-order valence-corrected chi connectivity index (χ4v) is 3.80. The first-order chi connectivity index (χ1) is 16.7. The molecular formula is C23H25O12+. The molecule has 0 amide bonds. The van der Waals surface area contributed by atoms with Crippen LogP contribution in [0.3, 0.4) is 0 Å². The maximum atomic E-state index is 10.7. The van der Waals surface area contributed by atoms with E-state index in [1.807, 2.05) is 0 Å². The Kier molecular flexibility index (Phi) is 6.74. The molecular weight excluding hydrogens is 468 g/mol. The molecule has 7 N–H and O–H groups in total. The Morgan fingerprint density at radius 1 is 0.857 bits per heavy atom. The number of aliphatic hydroxyl groups excluding tert-OH is 4. The predicted molar refractivity (Wildman–Crippen MR) is 119 cm³/mol. The molecule has 5 atom stereocenters. The average Bonchev–Trinajstić information content (AvgIpc) is 2.84. The van der Waals surface area contributed by atoms with Crippen molar-refractivity contribution in [1.82, 2.24) is 0 Å². The van der Waals surface area contributed by atoms with Gasteiger partial charge in [0.15, 0.2) is 11.5 Å². The van der Waals surface area contributed by atoms with Gasteiger partial charge in [-0.25, -0.2) is 4.42 Å². The summed E-state index contributed by atoms with van der Waals surface area (Å²) in [6.07, 6.45) is -7.66. The minimum absolute atomic E-state index is 0.0431. The van der Waals surface area contributed by atoms with E-state index in [9.17, 15) is 35.7 Å². The normalized spacial score (nSPS) is 24.3. The van der Waals surface area contributed by atoms with Crippen LogP contribution in [0.2, 0.25) is 0 Å². The van der Waals surface area contributed by atoms with Gasteiger partial charge in [-0.05, 0) is 0 Å². The summed E-state index contributed by atoms with van der Waals surface area (Å²) < 4.78 is 27.1. The molecule has 12 heteroatoms. The summed E-state index contributed by atoms with van der Waals surface area (Å²) in [6, 6.07) is 6.53. The van der Waals surface area contributed by atoms with E-state index >= 15 is 0 Å². The van der Waals surface area contributed by atoms with Gasteiger partial charge in [-0.1, -0.05) is 0 Å². The number of benzene rings is 2. The van der Waals surface area contributed by atoms with E-state index in [0.29, 0.717) is 0 Å². The number of aliphatic hydroxyl groups is 4. The highest BCUT2D eigenvalue weighted by Gasteiger charge is 2.45. The largest absolute Gasteiger partial charge is 0.507 e. The Hall–Kier alpha value is -3.55. The number of methoxy groups -OCH3 is 2. The SMILES string of the molecule is COc1cc(-c2[o+]c3cc(O)cc(O[C@@H]4O[C@@H](CO)[C@@H](O)[C@H](O)[C@H]4O)c3cc2O)cc(OC)c1O. The Morgan fingerprint density at radius 2 is 1.51 bits per heavy atom. The summed E-state index contributed by atoms with van der Waals surface area (Å²) in [6.45, 7) is -0.648. The second-order valence-electron chi connectivity index (χ2n) is 7.86. The van der Waals surface area contributed by atoms with Crippen molar-refractivity contribution in [3.05, 3.63) is 30.3 Å². The maximum Gasteiger partial charge on any atom is 0.402 e. The van der Waals surface area contributed by atoms with E-state index in [2.05, 4.69) is 0 Å². The van der Waals surface area contributed by atoms with Gasteiger partial charge in [-0.3, -0.25) is 0 Å². The van der Waals surface area contributed by atoms with E-state index in [0.717, 1.165) is 0 Å². The van der Waals surface area contributed by atoms with Crippen LogP contribution >= 0.6 is 0 Å². The van der Waals surface area contributed by atoms with Crippen molar-refractivity contribution < 1.29 is 59.1 Å². The molecule has 1 saturated heterocycles. The van der Waals surface area contributed by atoms with Crippen molar-refractivity contribution in [3.63, 3.8) is 0 Å². The van der Waals surface area contributed by atoms with Crippen LogP contribution in [0, 0.1) is 0 Å². The van der Waals surface area contributed by atoms with E-state index in [-0.39, 0.29) is 56.8 Å². The van der Waals surface area contributed by atoms with Crippen molar-refractivity contribution in [3.8, 4) is 45.8 Å². The standard InChI is InChI=1S/C23H24O12/c1-31-15-3-9(4-16(32-2)18(15)27)22-12(26)7-11-13(33-22)5-10(25)6-14(11)34-23-21(30)20(29)19(28)17(8-24)35-23/h3-7,17,19-21,23-24,28-30H,8H2,1-2H3,(H2-,25,26,27)/p+1/t17-,19+,20-,21+,23+/m0/s1. The first-order valence-corrected chi connectivity index (χ1v) is 10.4. The van der Waals surface area contributed by atoms with Gasteiger partial charge in [-0.15, -0.1) is 0 Å². The molecule has 0 bridgehead atoms. The quantitative estimate of drug-likeness (QED) is 0.238. The number of phenols is 2. The minimum atomic E-state index is -1.69. The molecule has 1 fully saturated rings. The number of phenolic OH excluding ortho intramolecular Hbond substituents is 2. The van der Waals surface area contributed by atoms with Crippen LogP contribution in [0.25, 0.3) is 22.3 Å². The summed E-state index contributed by atoms with van der Waals surface area (Å²) in [7, 11) is 2.69. The summed E-state index contributed by atoms with van der Waals surface area (Å²) >= 11 is 0. The Balaban J connectivity index is 1.77. The lowest BCUT2D eigenvalue weighted by Crippen LogP contribution is -2.60. The first-order valence-electron chi connectivity index (χ1n) is 10.4. The van der Waals surface area contributed by atoms with Crippen LogP contribution in [0.4, 0.5) is 0 Å². The predicted octanol–water partition coefficient (Wildman–Crippen LogP) is 0.694. The minimum Gasteiger partial charge on any atom is -0.507 e. The Morgan fingerprint density at radius 3 is 2.11 bits per heavy atom. The molecule has 0 unspecified atom stereocenters. The van der Waals surface area contributed by atoms with Gasteiger partial charge in [0.2, 0.25) is 17.8 Å². The number of fused-ring (bicyclic) bond motifs is 1. The van der Waals surface area contributed by atoms with Crippen molar-refractivity contribution in [2.24, 2.45) is 0 Å². The van der Waals surface area contributed by atoms with Crippen LogP contribution < -0.4 is 14.2 Å². The van der Waals surface area contributed by atoms with Crippen molar-refractivity contribution in [1.29, 1.82) is 0 Å². The molecule has 1 aliphatic rings. The summed E-state index contributed by atoms with van der Waals surface area (Å²) in [5.74, 6) is -0.885. The van der Waals surface area contributed by atoms with E-state index in [4.69, 9.17) is 23.4 Å². The van der Waals surface area contributed by atoms with Crippen LogP contribution in [0.5, 0.6) is 34.5 Å². The van der Waals surface area contributed by atoms with Crippen molar-refractivity contribution in [2.75, 3.05) is 20.8 Å². The van der Waals surface area contributed by atoms with Crippen molar-refractivity contribution in [2.45, 2.75) is 30.7 Å². The van der Waals surface area contributed by atoms with Gasteiger partial charge in [0, 0.05) is 24.3 Å². The summed E-state index contributed by atoms with van der Waals surface area (Å²) in [5.41, 5.74) is 0.346. The fraction of sp³-hybridized carbons (Fsp3) is 0.348. The smallest absolute Gasteiger partial charge is 0.402 e. The molecule has 0 radical (unpaired) electrons. The third-order valence-corrected chi connectivity index (χ3v) is 5.65. The topological polar surface area (TPSA) is 190 Å². The number of hydrogen-bond acceptors (Lipinski definition) is 11. The highest BCUT2D eigenvalue weighted by atomic mass is 16.7. The zero-order valence-electron chi connectivity index (χ0n) is 18.7. The van der Waals surface area contributed by atoms with Crippen LogP contribution in [-0.4, -0.2) is 87.3 Å². The lowest BCUT2D eigenvalue weighted by Gasteiger charge is -2.39. The maximum absolute atomic E-state index is 10.7. The fourth-order valence-electron chi connectivity index (χ4n) is 3.80. The zero-order chi connectivity index (χ0) is 25.4. The molecule has 2 aromatic carbocycles. The third kappa shape index (κ3) is 4.45. The van der Waals surface area contributed by atoms with Gasteiger partial charge in [0.25, 0.3) is 0 Å². The molecule has 188 valence electrons. The monoisotopic (exact) mass is 493 g/mol. The Bertz CT molecular complexity index is 1200. The molecule has 3 aromatic rings. The van der Waals surface area contributed by atoms with Gasteiger partial charge in [-0.2, -0.15) is 0 Å². The number of aromatic hydroxyl groups is 3. The van der Waals surface area contributed by atoms with Gasteiger partial charge in [0.05, 0.1) is 32.5 Å². The molecule has 2 heterocycles. The molecule has 1 aromatic heterocycles. The van der Waals surface area contributed by atoms with Crippen LogP contribution in [0.15, 0.2) is 34.7 Å². The number of rotatable bonds is 6. The second-order valence-corrected chi connectivity index (χ2v) is 7.86. The summed E-state index contributed by atoms with van der Waals surface area (Å²) in [4.78, 5) is 0. The van der Waals surface area contributed by atoms with Gasteiger partial charge >= 0.3 is 11.3 Å². The van der Waals surface area contributed by atoms with Crippen molar-refractivity contribution >= 4 is 11.0 Å². The van der Waals surface area contributed by atoms with Gasteiger partial charge < -0.3 is 54.7 Å². The first kappa shape index (κ1) is 24.6. The molecule has 0 spiro atoms. The number of ether oxygens (including phenoxy) is 4. The second kappa shape index (κ2) is 9.60. The molecule has 0 saturated carbocycles. The molecule has 1 aliphatic heterocycles. The molecule has 12 nitrogen and oxygen atoms in total. The van der Waals surface area contributed by atoms with E-state index in [1.165, 1.54) is 44.6 Å². The van der Waals surface area contributed by atoms with E-state index < -0.39 is 37.3 Å². The molecule has 0 aliphatic carbocycles. The Labute approximate surface area is 198 Å². The molecule has 4 rings (SSSR count). The molecule has 35 heavy (non-hydrogen) atoms. The zero-order valence-corrected chi connectivity index (χ0v) is 18.7. The van der Waals surface area contributed by atoms with Crippen LogP contribution in [-0.2, 0) is 4.74 Å². The highest BCUT2D eigenvalue weighted by Crippen LogP contribution is 2.45. The van der Waals surface area contributed by atoms with Crippen LogP contribution in [0.1, 0.15) is 0 Å². The van der Waals surface area contributed by atoms with Gasteiger partial charge in [0.1, 0.15) is 41.3 Å². The number of hydrogen-bond donors (Lipinski definition) is 7. The average molecular weight is 493 g/mol. The third-order valence-electron chi connectivity index (χ3n) is 5.65.